The second-order valence-corrected chi connectivity index (χ2v) is 6.65. The molecular weight excluding hydrogens is 394 g/mol. The average molecular weight is 408 g/mol. The zero-order chi connectivity index (χ0) is 20.4. The molecule has 0 saturated carbocycles. The minimum atomic E-state index is -0.635. The van der Waals surface area contributed by atoms with Gasteiger partial charge in [-0.3, -0.25) is 9.59 Å². The molecule has 0 spiro atoms. The molecule has 0 bridgehead atoms. The molecule has 1 aliphatic heterocycles. The Kier molecular flexibility index (Phi) is 5.01. The van der Waals surface area contributed by atoms with Crippen molar-refractivity contribution in [3.8, 4) is 11.5 Å². The standard InChI is InChI=1S/C22H14ClNO5/c23-14-5-3-7-16(11-14)28-13-20(25)29-17-8-4-6-15(12-17)24-21(26)18-9-1-2-10-19(18)22(24)27/h1-12H,13H2. The van der Waals surface area contributed by atoms with Gasteiger partial charge in [-0.05, 0) is 42.5 Å². The van der Waals surface area contributed by atoms with Gasteiger partial charge in [-0.15, -0.1) is 0 Å². The van der Waals surface area contributed by atoms with Crippen molar-refractivity contribution in [1.82, 2.24) is 0 Å². The largest absolute Gasteiger partial charge is 0.482 e. The maximum atomic E-state index is 12.6. The van der Waals surface area contributed by atoms with Crippen LogP contribution >= 0.6 is 11.6 Å². The van der Waals surface area contributed by atoms with Crippen LogP contribution in [0.25, 0.3) is 0 Å². The lowest BCUT2D eigenvalue weighted by molar-refractivity contribution is -0.136. The van der Waals surface area contributed by atoms with E-state index < -0.39 is 17.8 Å². The van der Waals surface area contributed by atoms with Crippen LogP contribution in [0.5, 0.6) is 11.5 Å². The number of imide groups is 1. The molecule has 0 atom stereocenters. The van der Waals surface area contributed by atoms with Crippen LogP contribution in [0.15, 0.2) is 72.8 Å². The van der Waals surface area contributed by atoms with E-state index in [4.69, 9.17) is 21.1 Å². The van der Waals surface area contributed by atoms with E-state index in [-0.39, 0.29) is 12.4 Å². The van der Waals surface area contributed by atoms with Crippen LogP contribution in [0.1, 0.15) is 20.7 Å². The minimum absolute atomic E-state index is 0.193. The molecule has 0 aromatic heterocycles. The molecule has 0 saturated heterocycles. The highest BCUT2D eigenvalue weighted by Gasteiger charge is 2.36. The first-order valence-corrected chi connectivity index (χ1v) is 9.07. The average Bonchev–Trinajstić information content (AvgIpc) is 2.97. The van der Waals surface area contributed by atoms with E-state index in [0.717, 1.165) is 4.90 Å². The van der Waals surface area contributed by atoms with Gasteiger partial charge in [0, 0.05) is 11.1 Å². The molecule has 2 amide bonds. The SMILES string of the molecule is O=C(COc1cccc(Cl)c1)Oc1cccc(N2C(=O)c3ccccc3C2=O)c1. The Bertz CT molecular complexity index is 1090. The van der Waals surface area contributed by atoms with Gasteiger partial charge in [0.1, 0.15) is 11.5 Å². The van der Waals surface area contributed by atoms with Crippen molar-refractivity contribution in [2.75, 3.05) is 11.5 Å². The summed E-state index contributed by atoms with van der Waals surface area (Å²) in [5.41, 5.74) is 1.00. The summed E-state index contributed by atoms with van der Waals surface area (Å²) in [4.78, 5) is 38.3. The first-order chi connectivity index (χ1) is 14.0. The van der Waals surface area contributed by atoms with Gasteiger partial charge in [0.05, 0.1) is 16.8 Å². The smallest absolute Gasteiger partial charge is 0.349 e. The molecule has 6 nitrogen and oxygen atoms in total. The summed E-state index contributed by atoms with van der Waals surface area (Å²) in [5, 5.41) is 0.490. The quantitative estimate of drug-likeness (QED) is 0.361. The number of hydrogen-bond donors (Lipinski definition) is 0. The van der Waals surface area contributed by atoms with Crippen LogP contribution in [-0.4, -0.2) is 24.4 Å². The number of carbonyl (C=O) groups is 3. The molecule has 0 aliphatic carbocycles. The molecule has 3 aromatic carbocycles. The Morgan fingerprint density at radius 1 is 0.828 bits per heavy atom. The first-order valence-electron chi connectivity index (χ1n) is 8.70. The van der Waals surface area contributed by atoms with Gasteiger partial charge in [0.2, 0.25) is 0 Å². The fourth-order valence-corrected chi connectivity index (χ4v) is 3.15. The molecule has 7 heteroatoms. The highest BCUT2D eigenvalue weighted by atomic mass is 35.5. The minimum Gasteiger partial charge on any atom is -0.482 e. The van der Waals surface area contributed by atoms with E-state index >= 15 is 0 Å². The number of esters is 1. The molecule has 0 radical (unpaired) electrons. The summed E-state index contributed by atoms with van der Waals surface area (Å²) in [7, 11) is 0. The predicted octanol–water partition coefficient (Wildman–Crippen LogP) is 4.13. The number of benzene rings is 3. The van der Waals surface area contributed by atoms with E-state index in [9.17, 15) is 14.4 Å². The molecule has 29 heavy (non-hydrogen) atoms. The maximum Gasteiger partial charge on any atom is 0.349 e. The first kappa shape index (κ1) is 18.7. The lowest BCUT2D eigenvalue weighted by Gasteiger charge is -2.15. The van der Waals surface area contributed by atoms with Crippen molar-refractivity contribution in [1.29, 1.82) is 0 Å². The van der Waals surface area contributed by atoms with E-state index in [1.165, 1.54) is 6.07 Å². The lowest BCUT2D eigenvalue weighted by atomic mass is 10.1. The zero-order valence-corrected chi connectivity index (χ0v) is 15.8. The van der Waals surface area contributed by atoms with E-state index in [1.54, 1.807) is 66.7 Å². The third kappa shape index (κ3) is 3.83. The van der Waals surface area contributed by atoms with Crippen molar-refractivity contribution >= 4 is 35.1 Å². The summed E-state index contributed by atoms with van der Waals surface area (Å²) in [6.45, 7) is -0.322. The van der Waals surface area contributed by atoms with Gasteiger partial charge in [0.15, 0.2) is 6.61 Å². The number of anilines is 1. The molecule has 144 valence electrons. The Morgan fingerprint density at radius 2 is 1.48 bits per heavy atom. The third-order valence-electron chi connectivity index (χ3n) is 4.25. The van der Waals surface area contributed by atoms with E-state index in [0.29, 0.717) is 27.6 Å². The lowest BCUT2D eigenvalue weighted by Crippen LogP contribution is -2.29. The van der Waals surface area contributed by atoms with E-state index in [2.05, 4.69) is 0 Å². The summed E-state index contributed by atoms with van der Waals surface area (Å²) < 4.78 is 10.6. The molecular formula is C22H14ClNO5. The number of rotatable bonds is 5. The highest BCUT2D eigenvalue weighted by Crippen LogP contribution is 2.30. The van der Waals surface area contributed by atoms with Crippen molar-refractivity contribution in [3.05, 3.63) is 88.9 Å². The van der Waals surface area contributed by atoms with Gasteiger partial charge in [-0.25, -0.2) is 9.69 Å². The fourth-order valence-electron chi connectivity index (χ4n) is 2.97. The van der Waals surface area contributed by atoms with Gasteiger partial charge in [0.25, 0.3) is 11.8 Å². The van der Waals surface area contributed by atoms with Crippen LogP contribution in [0.2, 0.25) is 5.02 Å². The van der Waals surface area contributed by atoms with Crippen molar-refractivity contribution in [2.24, 2.45) is 0 Å². The van der Waals surface area contributed by atoms with Crippen LogP contribution in [0.4, 0.5) is 5.69 Å². The maximum absolute atomic E-state index is 12.6. The number of amides is 2. The summed E-state index contributed by atoms with van der Waals surface area (Å²) in [6.07, 6.45) is 0. The second kappa shape index (κ2) is 7.77. The van der Waals surface area contributed by atoms with Crippen LogP contribution < -0.4 is 14.4 Å². The number of carbonyl (C=O) groups excluding carboxylic acids is 3. The summed E-state index contributed by atoms with van der Waals surface area (Å²) in [6, 6.07) is 19.5. The topological polar surface area (TPSA) is 72.9 Å². The van der Waals surface area contributed by atoms with Crippen LogP contribution in [-0.2, 0) is 4.79 Å². The summed E-state index contributed by atoms with van der Waals surface area (Å²) >= 11 is 5.87. The second-order valence-electron chi connectivity index (χ2n) is 6.21. The van der Waals surface area contributed by atoms with Crippen molar-refractivity contribution < 1.29 is 23.9 Å². The normalized spacial score (nSPS) is 12.7. The highest BCUT2D eigenvalue weighted by molar-refractivity contribution is 6.34. The number of halogens is 1. The van der Waals surface area contributed by atoms with Crippen LogP contribution in [0.3, 0.4) is 0 Å². The van der Waals surface area contributed by atoms with Gasteiger partial charge in [-0.2, -0.15) is 0 Å². The number of fused-ring (bicyclic) bond motifs is 1. The number of ether oxygens (including phenoxy) is 2. The third-order valence-corrected chi connectivity index (χ3v) is 4.49. The molecule has 0 fully saturated rings. The number of nitrogens with zero attached hydrogens (tertiary/aromatic N) is 1. The molecule has 1 heterocycles. The molecule has 1 aliphatic rings. The predicted molar refractivity (Wildman–Crippen MR) is 107 cm³/mol. The van der Waals surface area contributed by atoms with Gasteiger partial charge < -0.3 is 9.47 Å². The molecule has 4 rings (SSSR count). The Morgan fingerprint density at radius 3 is 2.17 bits per heavy atom. The number of hydrogen-bond acceptors (Lipinski definition) is 5. The van der Waals surface area contributed by atoms with Crippen molar-refractivity contribution in [3.63, 3.8) is 0 Å². The summed E-state index contributed by atoms with van der Waals surface area (Å²) in [5.74, 6) is -0.839. The van der Waals surface area contributed by atoms with Crippen molar-refractivity contribution in [2.45, 2.75) is 0 Å². The van der Waals surface area contributed by atoms with E-state index in [1.807, 2.05) is 0 Å². The Hall–Kier alpha value is -3.64. The Labute approximate surface area is 171 Å². The van der Waals surface area contributed by atoms with Crippen LogP contribution in [0, 0.1) is 0 Å². The van der Waals surface area contributed by atoms with Gasteiger partial charge >= 0.3 is 5.97 Å². The van der Waals surface area contributed by atoms with Gasteiger partial charge in [-0.1, -0.05) is 35.9 Å². The molecule has 3 aromatic rings. The monoisotopic (exact) mass is 407 g/mol. The molecule has 0 unspecified atom stereocenters. The fraction of sp³-hybridized carbons (Fsp3) is 0.0455. The molecule has 0 N–H and O–H groups in total. The Balaban J connectivity index is 1.46. The zero-order valence-electron chi connectivity index (χ0n) is 15.0.